The van der Waals surface area contributed by atoms with Gasteiger partial charge in [-0.2, -0.15) is 0 Å². The van der Waals surface area contributed by atoms with Gasteiger partial charge >= 0.3 is 0 Å². The molecule has 110 valence electrons. The van der Waals surface area contributed by atoms with Crippen LogP contribution in [0, 0.1) is 27.7 Å². The average Bonchev–Trinajstić information content (AvgIpc) is 2.92. The van der Waals surface area contributed by atoms with Gasteiger partial charge in [-0.25, -0.2) is 8.78 Å². The summed E-state index contributed by atoms with van der Waals surface area (Å²) in [6.45, 7) is 0.414. The SMILES string of the molecule is O=[N+]([O-])c1ccc(F)c(F)c1NCCCC1CCCC1. The van der Waals surface area contributed by atoms with E-state index in [1.165, 1.54) is 25.7 Å². The van der Waals surface area contributed by atoms with Gasteiger partial charge < -0.3 is 5.32 Å². The monoisotopic (exact) mass is 284 g/mol. The van der Waals surface area contributed by atoms with Crippen molar-refractivity contribution in [2.45, 2.75) is 38.5 Å². The lowest BCUT2D eigenvalue weighted by atomic mass is 10.0. The van der Waals surface area contributed by atoms with Crippen molar-refractivity contribution in [1.29, 1.82) is 0 Å². The number of hydrogen-bond acceptors (Lipinski definition) is 3. The zero-order chi connectivity index (χ0) is 14.5. The minimum absolute atomic E-state index is 0.346. The molecule has 0 heterocycles. The van der Waals surface area contributed by atoms with E-state index >= 15 is 0 Å². The van der Waals surface area contributed by atoms with Gasteiger partial charge in [0.05, 0.1) is 4.92 Å². The molecule has 0 spiro atoms. The molecule has 1 aromatic rings. The molecule has 1 fully saturated rings. The van der Waals surface area contributed by atoms with Crippen molar-refractivity contribution in [1.82, 2.24) is 0 Å². The van der Waals surface area contributed by atoms with E-state index in [1.54, 1.807) is 0 Å². The van der Waals surface area contributed by atoms with Crippen LogP contribution < -0.4 is 5.32 Å². The largest absolute Gasteiger partial charge is 0.377 e. The molecule has 0 aliphatic heterocycles. The highest BCUT2D eigenvalue weighted by molar-refractivity contribution is 5.62. The van der Waals surface area contributed by atoms with Crippen LogP contribution in [-0.2, 0) is 0 Å². The van der Waals surface area contributed by atoms with Crippen molar-refractivity contribution in [3.63, 3.8) is 0 Å². The minimum atomic E-state index is -1.18. The first kappa shape index (κ1) is 14.7. The zero-order valence-corrected chi connectivity index (χ0v) is 11.2. The lowest BCUT2D eigenvalue weighted by Gasteiger charge is -2.11. The molecule has 1 aliphatic rings. The molecule has 0 unspecified atom stereocenters. The fraction of sp³-hybridized carbons (Fsp3) is 0.571. The van der Waals surface area contributed by atoms with Crippen molar-refractivity contribution in [2.75, 3.05) is 11.9 Å². The van der Waals surface area contributed by atoms with Crippen LogP contribution in [0.25, 0.3) is 0 Å². The molecule has 1 saturated carbocycles. The number of benzene rings is 1. The standard InChI is InChI=1S/C14H18F2N2O2/c15-11-7-8-12(18(19)20)14(13(11)16)17-9-3-6-10-4-1-2-5-10/h7-8,10,17H,1-6,9H2. The highest BCUT2D eigenvalue weighted by atomic mass is 19.2. The van der Waals surface area contributed by atoms with Crippen LogP contribution in [0.3, 0.4) is 0 Å². The van der Waals surface area contributed by atoms with Crippen molar-refractivity contribution in [3.8, 4) is 0 Å². The summed E-state index contributed by atoms with van der Waals surface area (Å²) in [6.07, 6.45) is 6.82. The Labute approximate surface area is 116 Å². The maximum atomic E-state index is 13.6. The number of nitrogens with one attached hydrogen (secondary N) is 1. The van der Waals surface area contributed by atoms with E-state index < -0.39 is 22.2 Å². The average molecular weight is 284 g/mol. The van der Waals surface area contributed by atoms with Crippen LogP contribution in [-0.4, -0.2) is 11.5 Å². The van der Waals surface area contributed by atoms with Gasteiger partial charge in [0.15, 0.2) is 17.3 Å². The van der Waals surface area contributed by atoms with Crippen molar-refractivity contribution >= 4 is 11.4 Å². The van der Waals surface area contributed by atoms with Gasteiger partial charge in [-0.1, -0.05) is 25.7 Å². The summed E-state index contributed by atoms with van der Waals surface area (Å²) in [5.41, 5.74) is -0.772. The second-order valence-electron chi connectivity index (χ2n) is 5.23. The van der Waals surface area contributed by atoms with Crippen molar-refractivity contribution in [2.24, 2.45) is 5.92 Å². The molecule has 0 bridgehead atoms. The second kappa shape index (κ2) is 6.63. The quantitative estimate of drug-likeness (QED) is 0.482. The number of halogens is 2. The summed E-state index contributed by atoms with van der Waals surface area (Å²) in [4.78, 5) is 10.1. The molecule has 1 aliphatic carbocycles. The zero-order valence-electron chi connectivity index (χ0n) is 11.2. The fourth-order valence-corrected chi connectivity index (χ4v) is 2.76. The summed E-state index contributed by atoms with van der Waals surface area (Å²) < 4.78 is 26.7. The maximum Gasteiger partial charge on any atom is 0.295 e. The number of anilines is 1. The topological polar surface area (TPSA) is 55.2 Å². The Morgan fingerprint density at radius 2 is 2.00 bits per heavy atom. The molecule has 6 heteroatoms. The van der Waals surface area contributed by atoms with Gasteiger partial charge in [-0.15, -0.1) is 0 Å². The highest BCUT2D eigenvalue weighted by Crippen LogP contribution is 2.30. The fourth-order valence-electron chi connectivity index (χ4n) is 2.76. The van der Waals surface area contributed by atoms with E-state index in [9.17, 15) is 18.9 Å². The van der Waals surface area contributed by atoms with Crippen LogP contribution in [0.2, 0.25) is 0 Å². The molecular weight excluding hydrogens is 266 g/mol. The summed E-state index contributed by atoms with van der Waals surface area (Å²) in [5.74, 6) is -1.54. The smallest absolute Gasteiger partial charge is 0.295 e. The first-order valence-electron chi connectivity index (χ1n) is 6.96. The lowest BCUT2D eigenvalue weighted by Crippen LogP contribution is -2.09. The maximum absolute atomic E-state index is 13.6. The first-order chi connectivity index (χ1) is 9.59. The molecule has 0 atom stereocenters. The predicted molar refractivity (Wildman–Crippen MR) is 72.7 cm³/mol. The molecule has 1 aromatic carbocycles. The Hall–Kier alpha value is -1.72. The van der Waals surface area contributed by atoms with Crippen molar-refractivity contribution in [3.05, 3.63) is 33.9 Å². The van der Waals surface area contributed by atoms with Crippen LogP contribution in [0.5, 0.6) is 0 Å². The van der Waals surface area contributed by atoms with Gasteiger partial charge in [0.25, 0.3) is 5.69 Å². The third-order valence-corrected chi connectivity index (χ3v) is 3.84. The number of nitro benzene ring substituents is 1. The lowest BCUT2D eigenvalue weighted by molar-refractivity contribution is -0.384. The third kappa shape index (κ3) is 3.43. The summed E-state index contributed by atoms with van der Waals surface area (Å²) in [6, 6.07) is 1.76. The number of nitrogens with zero attached hydrogens (tertiary/aromatic N) is 1. The molecular formula is C14H18F2N2O2. The third-order valence-electron chi connectivity index (χ3n) is 3.84. The normalized spacial score (nSPS) is 15.5. The molecule has 0 radical (unpaired) electrons. The molecule has 1 N–H and O–H groups in total. The summed E-state index contributed by atoms with van der Waals surface area (Å²) >= 11 is 0. The molecule has 20 heavy (non-hydrogen) atoms. The summed E-state index contributed by atoms with van der Waals surface area (Å²) in [5, 5.41) is 13.5. The molecule has 0 aromatic heterocycles. The van der Waals surface area contributed by atoms with E-state index in [4.69, 9.17) is 0 Å². The highest BCUT2D eigenvalue weighted by Gasteiger charge is 2.21. The Bertz CT molecular complexity index is 488. The minimum Gasteiger partial charge on any atom is -0.377 e. The Morgan fingerprint density at radius 3 is 2.65 bits per heavy atom. The van der Waals surface area contributed by atoms with E-state index in [-0.39, 0.29) is 5.69 Å². The number of rotatable bonds is 6. The van der Waals surface area contributed by atoms with E-state index in [0.717, 1.165) is 25.0 Å². The molecule has 4 nitrogen and oxygen atoms in total. The van der Waals surface area contributed by atoms with E-state index in [0.29, 0.717) is 12.5 Å². The predicted octanol–water partition coefficient (Wildman–Crippen LogP) is 4.26. The number of nitro groups is 1. The van der Waals surface area contributed by atoms with Crippen molar-refractivity contribution < 1.29 is 13.7 Å². The van der Waals surface area contributed by atoms with Crippen LogP contribution in [0.15, 0.2) is 12.1 Å². The second-order valence-corrected chi connectivity index (χ2v) is 5.23. The Morgan fingerprint density at radius 1 is 1.30 bits per heavy atom. The van der Waals surface area contributed by atoms with Gasteiger partial charge in [-0.3, -0.25) is 10.1 Å². The first-order valence-corrected chi connectivity index (χ1v) is 6.96. The Kier molecular flexibility index (Phi) is 4.87. The van der Waals surface area contributed by atoms with Crippen LogP contribution in [0.4, 0.5) is 20.2 Å². The van der Waals surface area contributed by atoms with E-state index in [2.05, 4.69) is 5.32 Å². The molecule has 2 rings (SSSR count). The molecule has 0 amide bonds. The van der Waals surface area contributed by atoms with E-state index in [1.807, 2.05) is 0 Å². The van der Waals surface area contributed by atoms with Crippen LogP contribution >= 0.6 is 0 Å². The number of hydrogen-bond donors (Lipinski definition) is 1. The van der Waals surface area contributed by atoms with Gasteiger partial charge in [0.2, 0.25) is 0 Å². The van der Waals surface area contributed by atoms with Gasteiger partial charge in [0.1, 0.15) is 0 Å². The Balaban J connectivity index is 1.93. The van der Waals surface area contributed by atoms with Gasteiger partial charge in [0, 0.05) is 12.6 Å². The van der Waals surface area contributed by atoms with Crippen LogP contribution in [0.1, 0.15) is 38.5 Å². The van der Waals surface area contributed by atoms with Gasteiger partial charge in [-0.05, 0) is 24.8 Å². The summed E-state index contributed by atoms with van der Waals surface area (Å²) in [7, 11) is 0. The molecule has 0 saturated heterocycles.